The van der Waals surface area contributed by atoms with Crippen LogP contribution in [-0.2, 0) is 11.2 Å². The Balaban J connectivity index is 2.35. The van der Waals surface area contributed by atoms with Crippen molar-refractivity contribution in [3.63, 3.8) is 0 Å². The van der Waals surface area contributed by atoms with Crippen LogP contribution in [0.4, 0.5) is 0 Å². The lowest BCUT2D eigenvalue weighted by atomic mass is 9.87. The normalized spacial score (nSPS) is 15.7. The van der Waals surface area contributed by atoms with E-state index < -0.39 is 11.9 Å². The van der Waals surface area contributed by atoms with Gasteiger partial charge in [0.15, 0.2) is 0 Å². The van der Waals surface area contributed by atoms with E-state index in [-0.39, 0.29) is 5.92 Å². The van der Waals surface area contributed by atoms with E-state index in [2.05, 4.69) is 0 Å². The highest BCUT2D eigenvalue weighted by Crippen LogP contribution is 2.31. The zero-order valence-corrected chi connectivity index (χ0v) is 9.56. The summed E-state index contributed by atoms with van der Waals surface area (Å²) in [5.74, 6) is -0.186. The Hall–Kier alpha value is -1.51. The van der Waals surface area contributed by atoms with Gasteiger partial charge in [-0.3, -0.25) is 4.79 Å². The average molecular weight is 220 g/mol. The molecule has 2 rings (SSSR count). The number of benzene rings is 1. The fourth-order valence-corrected chi connectivity index (χ4v) is 2.21. The highest BCUT2D eigenvalue weighted by molar-refractivity contribution is 5.76. The molecule has 86 valence electrons. The maximum Gasteiger partial charge on any atom is 0.311 e. The largest absolute Gasteiger partial charge is 0.493 e. The number of carbonyl (C=O) groups is 1. The minimum atomic E-state index is -0.756. The van der Waals surface area contributed by atoms with Crippen molar-refractivity contribution in [2.24, 2.45) is 5.92 Å². The molecule has 1 heterocycles. The van der Waals surface area contributed by atoms with Gasteiger partial charge < -0.3 is 9.84 Å². The Labute approximate surface area is 95.0 Å². The van der Waals surface area contributed by atoms with Crippen LogP contribution in [0.5, 0.6) is 5.75 Å². The number of ether oxygens (including phenoxy) is 1. The minimum Gasteiger partial charge on any atom is -0.493 e. The third kappa shape index (κ3) is 1.90. The van der Waals surface area contributed by atoms with Gasteiger partial charge in [-0.05, 0) is 23.1 Å². The molecule has 1 atom stereocenters. The summed E-state index contributed by atoms with van der Waals surface area (Å²) >= 11 is 0. The maximum absolute atomic E-state index is 11.2. The molecule has 1 N–H and O–H groups in total. The molecule has 0 amide bonds. The summed E-state index contributed by atoms with van der Waals surface area (Å²) in [7, 11) is 0. The van der Waals surface area contributed by atoms with E-state index in [9.17, 15) is 9.90 Å². The highest BCUT2D eigenvalue weighted by Gasteiger charge is 2.25. The molecule has 0 fully saturated rings. The first-order valence-electron chi connectivity index (χ1n) is 5.58. The van der Waals surface area contributed by atoms with Gasteiger partial charge in [-0.15, -0.1) is 0 Å². The zero-order valence-electron chi connectivity index (χ0n) is 9.56. The van der Waals surface area contributed by atoms with Crippen molar-refractivity contribution in [1.29, 1.82) is 0 Å². The quantitative estimate of drug-likeness (QED) is 0.851. The van der Waals surface area contributed by atoms with Crippen LogP contribution < -0.4 is 4.74 Å². The lowest BCUT2D eigenvalue weighted by molar-refractivity contribution is -0.139. The van der Waals surface area contributed by atoms with Crippen molar-refractivity contribution in [1.82, 2.24) is 0 Å². The van der Waals surface area contributed by atoms with Gasteiger partial charge in [0, 0.05) is 6.42 Å². The predicted octanol–water partition coefficient (Wildman–Crippen LogP) is 2.45. The number of hydrogen-bond acceptors (Lipinski definition) is 2. The Bertz CT molecular complexity index is 410. The number of carboxylic acid groups (broad SMARTS) is 1. The summed E-state index contributed by atoms with van der Waals surface area (Å²) < 4.78 is 5.41. The van der Waals surface area contributed by atoms with Crippen LogP contribution in [0.15, 0.2) is 18.2 Å². The molecule has 0 spiro atoms. The standard InChI is InChI=1S/C13H16O3/c1-8(2)12(13(14)15)10-3-4-11-9(7-10)5-6-16-11/h3-4,7-8,12H,5-6H2,1-2H3,(H,14,15). The molecule has 0 radical (unpaired) electrons. The van der Waals surface area contributed by atoms with Crippen molar-refractivity contribution in [3.05, 3.63) is 29.3 Å². The Kier molecular flexibility index (Phi) is 2.86. The second kappa shape index (κ2) is 4.16. The molecule has 0 saturated carbocycles. The molecular formula is C13H16O3. The van der Waals surface area contributed by atoms with E-state index in [0.29, 0.717) is 6.61 Å². The number of aliphatic carboxylic acids is 1. The van der Waals surface area contributed by atoms with E-state index in [1.807, 2.05) is 32.0 Å². The van der Waals surface area contributed by atoms with Gasteiger partial charge in [0.25, 0.3) is 0 Å². The molecule has 1 aromatic rings. The Morgan fingerprint density at radius 1 is 1.44 bits per heavy atom. The molecule has 3 heteroatoms. The zero-order chi connectivity index (χ0) is 11.7. The molecule has 1 aromatic carbocycles. The van der Waals surface area contributed by atoms with E-state index >= 15 is 0 Å². The van der Waals surface area contributed by atoms with Crippen LogP contribution >= 0.6 is 0 Å². The number of carboxylic acids is 1. The lowest BCUT2D eigenvalue weighted by Crippen LogP contribution is -2.17. The van der Waals surface area contributed by atoms with Crippen LogP contribution in [0.2, 0.25) is 0 Å². The molecule has 16 heavy (non-hydrogen) atoms. The predicted molar refractivity (Wildman–Crippen MR) is 60.9 cm³/mol. The SMILES string of the molecule is CC(C)C(C(=O)O)c1ccc2c(c1)CCO2. The van der Waals surface area contributed by atoms with E-state index in [4.69, 9.17) is 4.74 Å². The first-order chi connectivity index (χ1) is 7.59. The molecule has 1 aliphatic heterocycles. The van der Waals surface area contributed by atoms with Gasteiger partial charge in [-0.25, -0.2) is 0 Å². The second-order valence-electron chi connectivity index (χ2n) is 4.53. The monoisotopic (exact) mass is 220 g/mol. The average Bonchev–Trinajstić information content (AvgIpc) is 2.63. The first-order valence-corrected chi connectivity index (χ1v) is 5.58. The van der Waals surface area contributed by atoms with Crippen molar-refractivity contribution in [3.8, 4) is 5.75 Å². The van der Waals surface area contributed by atoms with Gasteiger partial charge >= 0.3 is 5.97 Å². The number of hydrogen-bond donors (Lipinski definition) is 1. The summed E-state index contributed by atoms with van der Waals surface area (Å²) in [6.07, 6.45) is 0.883. The summed E-state index contributed by atoms with van der Waals surface area (Å²) in [5.41, 5.74) is 2.01. The minimum absolute atomic E-state index is 0.0953. The van der Waals surface area contributed by atoms with Gasteiger partial charge in [0.2, 0.25) is 0 Å². The van der Waals surface area contributed by atoms with Gasteiger partial charge in [0.1, 0.15) is 5.75 Å². The van der Waals surface area contributed by atoms with Crippen LogP contribution in [-0.4, -0.2) is 17.7 Å². The van der Waals surface area contributed by atoms with Crippen molar-refractivity contribution in [2.45, 2.75) is 26.2 Å². The molecule has 0 bridgehead atoms. The van der Waals surface area contributed by atoms with Gasteiger partial charge in [-0.1, -0.05) is 26.0 Å². The topological polar surface area (TPSA) is 46.5 Å². The number of rotatable bonds is 3. The third-order valence-corrected chi connectivity index (χ3v) is 3.01. The van der Waals surface area contributed by atoms with Crippen LogP contribution in [0.25, 0.3) is 0 Å². The first kappa shape index (κ1) is 11.0. The van der Waals surface area contributed by atoms with Gasteiger partial charge in [-0.2, -0.15) is 0 Å². The summed E-state index contributed by atoms with van der Waals surface area (Å²) in [5, 5.41) is 9.21. The Morgan fingerprint density at radius 2 is 2.19 bits per heavy atom. The van der Waals surface area contributed by atoms with Crippen molar-refractivity contribution < 1.29 is 14.6 Å². The molecule has 1 unspecified atom stereocenters. The number of fused-ring (bicyclic) bond motifs is 1. The third-order valence-electron chi connectivity index (χ3n) is 3.01. The summed E-state index contributed by atoms with van der Waals surface area (Å²) in [6, 6.07) is 5.72. The van der Waals surface area contributed by atoms with E-state index in [0.717, 1.165) is 23.3 Å². The van der Waals surface area contributed by atoms with Gasteiger partial charge in [0.05, 0.1) is 12.5 Å². The smallest absolute Gasteiger partial charge is 0.311 e. The molecule has 0 saturated heterocycles. The fourth-order valence-electron chi connectivity index (χ4n) is 2.21. The summed E-state index contributed by atoms with van der Waals surface area (Å²) in [4.78, 5) is 11.2. The van der Waals surface area contributed by atoms with Crippen LogP contribution in [0, 0.1) is 5.92 Å². The maximum atomic E-state index is 11.2. The fraction of sp³-hybridized carbons (Fsp3) is 0.462. The summed E-state index contributed by atoms with van der Waals surface area (Å²) in [6.45, 7) is 4.57. The molecular weight excluding hydrogens is 204 g/mol. The van der Waals surface area contributed by atoms with Crippen LogP contribution in [0.1, 0.15) is 30.9 Å². The lowest BCUT2D eigenvalue weighted by Gasteiger charge is -2.17. The van der Waals surface area contributed by atoms with E-state index in [1.165, 1.54) is 0 Å². The van der Waals surface area contributed by atoms with Crippen molar-refractivity contribution >= 4 is 5.97 Å². The van der Waals surface area contributed by atoms with E-state index in [1.54, 1.807) is 0 Å². The Morgan fingerprint density at radius 3 is 2.81 bits per heavy atom. The van der Waals surface area contributed by atoms with Crippen molar-refractivity contribution in [2.75, 3.05) is 6.61 Å². The second-order valence-corrected chi connectivity index (χ2v) is 4.53. The molecule has 1 aliphatic rings. The molecule has 0 aromatic heterocycles. The molecule has 0 aliphatic carbocycles. The molecule has 3 nitrogen and oxygen atoms in total. The highest BCUT2D eigenvalue weighted by atomic mass is 16.5. The van der Waals surface area contributed by atoms with Crippen LogP contribution in [0.3, 0.4) is 0 Å².